The monoisotopic (exact) mass is 415 g/mol. The van der Waals surface area contributed by atoms with Gasteiger partial charge in [-0.3, -0.25) is 14.3 Å². The molecule has 1 aromatic carbocycles. The van der Waals surface area contributed by atoms with E-state index in [4.69, 9.17) is 4.74 Å². The second kappa shape index (κ2) is 9.17. The lowest BCUT2D eigenvalue weighted by Crippen LogP contribution is -2.31. The molecule has 0 unspecified atom stereocenters. The van der Waals surface area contributed by atoms with Crippen molar-refractivity contribution in [3.63, 3.8) is 0 Å². The fraction of sp³-hybridized carbons (Fsp3) is 0.476. The Balaban J connectivity index is 1.86. The molecule has 0 saturated heterocycles. The van der Waals surface area contributed by atoms with Gasteiger partial charge in [0, 0.05) is 13.6 Å². The number of unbranched alkanes of at least 4 members (excludes halogenated alkanes) is 1. The Bertz CT molecular complexity index is 1140. The van der Waals surface area contributed by atoms with Crippen molar-refractivity contribution in [3.05, 3.63) is 50.2 Å². The van der Waals surface area contributed by atoms with Gasteiger partial charge in [-0.05, 0) is 43.5 Å². The van der Waals surface area contributed by atoms with E-state index in [0.717, 1.165) is 18.4 Å². The Morgan fingerprint density at radius 3 is 2.73 bits per heavy atom. The zero-order chi connectivity index (χ0) is 21.8. The summed E-state index contributed by atoms with van der Waals surface area (Å²) in [4.78, 5) is 31.1. The molecule has 2 aromatic heterocycles. The number of hydrogen-bond acceptors (Lipinski definition) is 6. The van der Waals surface area contributed by atoms with Gasteiger partial charge in [0.15, 0.2) is 11.2 Å². The zero-order valence-corrected chi connectivity index (χ0v) is 17.9. The lowest BCUT2D eigenvalue weighted by Gasteiger charge is -2.16. The number of ether oxygens (including phenoxy) is 1. The topological polar surface area (TPSA) is 114 Å². The highest BCUT2D eigenvalue weighted by molar-refractivity contribution is 5.74. The van der Waals surface area contributed by atoms with Crippen molar-refractivity contribution in [1.29, 1.82) is 0 Å². The summed E-state index contributed by atoms with van der Waals surface area (Å²) in [6.45, 7) is 6.92. The standard InChI is InChI=1S/C21H29N5O4/c1-5-6-9-22-20-23-18-17(19(28)24-21(29)25(18)4)26(20)11-15(27)12-30-16-8-7-13(2)14(3)10-16/h7-8,10,15,27H,5-6,9,11-12H2,1-4H3,(H,22,23)(H,24,28,29)/t15-/m0/s1. The number of rotatable bonds is 9. The third-order valence-electron chi connectivity index (χ3n) is 5.13. The summed E-state index contributed by atoms with van der Waals surface area (Å²) in [7, 11) is 1.55. The number of fused-ring (bicyclic) bond motifs is 1. The molecular weight excluding hydrogens is 386 g/mol. The Hall–Kier alpha value is -3.07. The van der Waals surface area contributed by atoms with Crippen molar-refractivity contribution < 1.29 is 9.84 Å². The summed E-state index contributed by atoms with van der Waals surface area (Å²) in [6.07, 6.45) is 1.04. The molecule has 3 aromatic rings. The first kappa shape index (κ1) is 21.6. The number of benzene rings is 1. The Labute approximate surface area is 174 Å². The average Bonchev–Trinajstić information content (AvgIpc) is 3.06. The van der Waals surface area contributed by atoms with E-state index in [2.05, 4.69) is 22.2 Å². The van der Waals surface area contributed by atoms with Gasteiger partial charge in [-0.25, -0.2) is 4.79 Å². The smallest absolute Gasteiger partial charge is 0.329 e. The molecule has 3 rings (SSSR count). The largest absolute Gasteiger partial charge is 0.491 e. The van der Waals surface area contributed by atoms with Gasteiger partial charge in [-0.2, -0.15) is 4.98 Å². The highest BCUT2D eigenvalue weighted by Gasteiger charge is 2.19. The van der Waals surface area contributed by atoms with E-state index in [-0.39, 0.29) is 24.3 Å². The van der Waals surface area contributed by atoms with Crippen molar-refractivity contribution in [3.8, 4) is 5.75 Å². The molecule has 0 aliphatic rings. The van der Waals surface area contributed by atoms with Crippen LogP contribution in [0.2, 0.25) is 0 Å². The van der Waals surface area contributed by atoms with E-state index in [1.54, 1.807) is 11.6 Å². The first-order valence-corrected chi connectivity index (χ1v) is 10.1. The molecule has 1 atom stereocenters. The van der Waals surface area contributed by atoms with Crippen molar-refractivity contribution >= 4 is 17.1 Å². The molecule has 30 heavy (non-hydrogen) atoms. The quantitative estimate of drug-likeness (QED) is 0.458. The van der Waals surface area contributed by atoms with Crippen LogP contribution in [0.3, 0.4) is 0 Å². The van der Waals surface area contributed by atoms with Crippen LogP contribution in [0.15, 0.2) is 27.8 Å². The predicted molar refractivity (Wildman–Crippen MR) is 116 cm³/mol. The maximum Gasteiger partial charge on any atom is 0.329 e. The lowest BCUT2D eigenvalue weighted by molar-refractivity contribution is 0.0938. The molecule has 9 nitrogen and oxygen atoms in total. The molecular formula is C21H29N5O4. The number of aliphatic hydroxyl groups excluding tert-OH is 1. The maximum absolute atomic E-state index is 12.5. The minimum atomic E-state index is -0.882. The summed E-state index contributed by atoms with van der Waals surface area (Å²) in [5.41, 5.74) is 1.71. The first-order chi connectivity index (χ1) is 14.3. The number of nitrogens with zero attached hydrogens (tertiary/aromatic N) is 3. The van der Waals surface area contributed by atoms with E-state index >= 15 is 0 Å². The van der Waals surface area contributed by atoms with Gasteiger partial charge in [0.2, 0.25) is 5.95 Å². The second-order valence-corrected chi connectivity index (χ2v) is 7.53. The summed E-state index contributed by atoms with van der Waals surface area (Å²) >= 11 is 0. The van der Waals surface area contributed by atoms with Crippen LogP contribution in [0.5, 0.6) is 5.75 Å². The van der Waals surface area contributed by atoms with Gasteiger partial charge in [0.1, 0.15) is 18.5 Å². The number of anilines is 1. The van der Waals surface area contributed by atoms with Crippen LogP contribution >= 0.6 is 0 Å². The van der Waals surface area contributed by atoms with Crippen molar-refractivity contribution in [1.82, 2.24) is 19.1 Å². The summed E-state index contributed by atoms with van der Waals surface area (Å²) in [5, 5.41) is 13.8. The van der Waals surface area contributed by atoms with Crippen LogP contribution in [0.1, 0.15) is 30.9 Å². The zero-order valence-electron chi connectivity index (χ0n) is 17.9. The van der Waals surface area contributed by atoms with Crippen molar-refractivity contribution in [2.75, 3.05) is 18.5 Å². The number of hydrogen-bond donors (Lipinski definition) is 3. The van der Waals surface area contributed by atoms with Gasteiger partial charge in [0.05, 0.1) is 6.54 Å². The lowest BCUT2D eigenvalue weighted by atomic mass is 10.1. The van der Waals surface area contributed by atoms with E-state index in [9.17, 15) is 14.7 Å². The van der Waals surface area contributed by atoms with E-state index in [0.29, 0.717) is 18.2 Å². The highest BCUT2D eigenvalue weighted by Crippen LogP contribution is 2.18. The molecule has 0 spiro atoms. The minimum absolute atomic E-state index is 0.0558. The van der Waals surface area contributed by atoms with E-state index in [1.807, 2.05) is 32.0 Å². The molecule has 0 aliphatic carbocycles. The van der Waals surface area contributed by atoms with Gasteiger partial charge in [0.25, 0.3) is 5.56 Å². The first-order valence-electron chi connectivity index (χ1n) is 10.1. The van der Waals surface area contributed by atoms with E-state index in [1.165, 1.54) is 10.1 Å². The summed E-state index contributed by atoms with van der Waals surface area (Å²) in [5.74, 6) is 1.12. The Morgan fingerprint density at radius 2 is 2.03 bits per heavy atom. The van der Waals surface area contributed by atoms with Gasteiger partial charge >= 0.3 is 5.69 Å². The van der Waals surface area contributed by atoms with Gasteiger partial charge < -0.3 is 19.7 Å². The third-order valence-corrected chi connectivity index (χ3v) is 5.13. The number of aliphatic hydroxyl groups is 1. The number of nitrogens with one attached hydrogen (secondary N) is 2. The number of imidazole rings is 1. The summed E-state index contributed by atoms with van der Waals surface area (Å²) < 4.78 is 8.63. The minimum Gasteiger partial charge on any atom is -0.491 e. The molecule has 0 saturated carbocycles. The predicted octanol–water partition coefficient (Wildman–Crippen LogP) is 1.69. The molecule has 162 valence electrons. The van der Waals surface area contributed by atoms with E-state index < -0.39 is 17.4 Å². The van der Waals surface area contributed by atoms with Crippen LogP contribution in [-0.4, -0.2) is 43.5 Å². The molecule has 0 fully saturated rings. The Morgan fingerprint density at radius 1 is 1.27 bits per heavy atom. The van der Waals surface area contributed by atoms with Crippen LogP contribution in [0.25, 0.3) is 11.2 Å². The fourth-order valence-electron chi connectivity index (χ4n) is 3.18. The van der Waals surface area contributed by atoms with Gasteiger partial charge in [-0.1, -0.05) is 19.4 Å². The second-order valence-electron chi connectivity index (χ2n) is 7.53. The van der Waals surface area contributed by atoms with Crippen molar-refractivity contribution in [2.24, 2.45) is 7.05 Å². The third kappa shape index (κ3) is 4.56. The molecule has 0 amide bonds. The number of H-pyrrole nitrogens is 1. The molecule has 0 bridgehead atoms. The number of aromatic amines is 1. The molecule has 2 heterocycles. The summed E-state index contributed by atoms with van der Waals surface area (Å²) in [6, 6.07) is 5.75. The van der Waals surface area contributed by atoms with Crippen LogP contribution < -0.4 is 21.3 Å². The normalized spacial score (nSPS) is 12.3. The molecule has 0 radical (unpaired) electrons. The Kier molecular flexibility index (Phi) is 6.61. The molecule has 0 aliphatic heterocycles. The molecule has 3 N–H and O–H groups in total. The SMILES string of the molecule is CCCCNc1nc2c(c(=O)[nH]c(=O)n2C)n1C[C@H](O)COc1ccc(C)c(C)c1. The number of aryl methyl sites for hydroxylation is 3. The highest BCUT2D eigenvalue weighted by atomic mass is 16.5. The maximum atomic E-state index is 12.5. The van der Waals surface area contributed by atoms with Crippen LogP contribution in [0, 0.1) is 13.8 Å². The number of aromatic nitrogens is 4. The molecule has 9 heteroatoms. The van der Waals surface area contributed by atoms with Crippen LogP contribution in [0.4, 0.5) is 5.95 Å². The van der Waals surface area contributed by atoms with Crippen molar-refractivity contribution in [2.45, 2.75) is 46.3 Å². The van der Waals surface area contributed by atoms with Gasteiger partial charge in [-0.15, -0.1) is 0 Å². The average molecular weight is 415 g/mol. The van der Waals surface area contributed by atoms with Crippen LogP contribution in [-0.2, 0) is 13.6 Å². The fourth-order valence-corrected chi connectivity index (χ4v) is 3.18.